The minimum atomic E-state index is 0.810. The van der Waals surface area contributed by atoms with Crippen molar-refractivity contribution in [1.82, 2.24) is 0 Å². The minimum Gasteiger partial charge on any atom is -0.317 e. The number of amides is 1. The molecule has 2 nitrogen and oxygen atoms in total. The van der Waals surface area contributed by atoms with E-state index in [2.05, 4.69) is 5.32 Å². The maximum atomic E-state index is 9.64. The van der Waals surface area contributed by atoms with Crippen LogP contribution in [0.1, 0.15) is 0 Å². The van der Waals surface area contributed by atoms with Gasteiger partial charge in [0.15, 0.2) is 0 Å². The molecule has 1 aromatic rings. The fourth-order valence-electron chi connectivity index (χ4n) is 0.395. The second-order valence-electron chi connectivity index (χ2n) is 1.24. The summed E-state index contributed by atoms with van der Waals surface area (Å²) in [6.07, 6.45) is 1.58. The Balaban J connectivity index is 2.62. The zero-order valence-electron chi connectivity index (χ0n) is 4.05. The molecule has 0 aliphatic rings. The van der Waals surface area contributed by atoms with Gasteiger partial charge in [-0.1, -0.05) is 0 Å². The van der Waals surface area contributed by atoms with E-state index in [0.29, 0.717) is 0 Å². The summed E-state index contributed by atoms with van der Waals surface area (Å²) in [4.78, 5) is 9.64. The molecule has 1 rings (SSSR count). The highest BCUT2D eigenvalue weighted by Crippen LogP contribution is 2.09. The Morgan fingerprint density at radius 3 is 3.12 bits per heavy atom. The molecule has 1 radical (unpaired) electrons. The summed E-state index contributed by atoms with van der Waals surface area (Å²) in [6.45, 7) is 0. The van der Waals surface area contributed by atoms with Gasteiger partial charge in [-0.15, -0.1) is 0 Å². The molecule has 0 bridgehead atoms. The molecule has 1 amide bonds. The first-order valence-electron chi connectivity index (χ1n) is 2.09. The van der Waals surface area contributed by atoms with E-state index in [4.69, 9.17) is 0 Å². The molecular weight excluding hydrogens is 122 g/mol. The SMILES string of the molecule is O=[C]Nc1ccsc1. The number of hydrogen-bond donors (Lipinski definition) is 1. The van der Waals surface area contributed by atoms with Gasteiger partial charge in [0.2, 0.25) is 0 Å². The van der Waals surface area contributed by atoms with Crippen LogP contribution in [0.3, 0.4) is 0 Å². The van der Waals surface area contributed by atoms with Crippen LogP contribution in [0.25, 0.3) is 0 Å². The highest BCUT2D eigenvalue weighted by Gasteiger charge is 1.85. The topological polar surface area (TPSA) is 29.1 Å². The third-order valence-electron chi connectivity index (χ3n) is 0.717. The third-order valence-corrected chi connectivity index (χ3v) is 1.40. The average Bonchev–Trinajstić information content (AvgIpc) is 2.19. The van der Waals surface area contributed by atoms with Crippen molar-refractivity contribution in [1.29, 1.82) is 0 Å². The molecule has 0 unspecified atom stereocenters. The standard InChI is InChI=1S/C5H4NOS/c7-4-6-5-1-2-8-3-5/h1-3H,(H,6,7). The van der Waals surface area contributed by atoms with Crippen LogP contribution >= 0.6 is 11.3 Å². The summed E-state index contributed by atoms with van der Waals surface area (Å²) in [5.41, 5.74) is 0.810. The predicted molar refractivity (Wildman–Crippen MR) is 33.6 cm³/mol. The number of carbonyl (C=O) groups excluding carboxylic acids is 1. The number of thiophene rings is 1. The van der Waals surface area contributed by atoms with Crippen molar-refractivity contribution in [2.75, 3.05) is 5.32 Å². The molecule has 0 fully saturated rings. The van der Waals surface area contributed by atoms with Gasteiger partial charge in [-0.3, -0.25) is 4.79 Å². The summed E-state index contributed by atoms with van der Waals surface area (Å²) in [5.74, 6) is 0. The predicted octanol–water partition coefficient (Wildman–Crippen LogP) is 1.23. The minimum absolute atomic E-state index is 0.810. The fraction of sp³-hybridized carbons (Fsp3) is 0. The summed E-state index contributed by atoms with van der Waals surface area (Å²) in [5, 5.41) is 6.12. The van der Waals surface area contributed by atoms with Gasteiger partial charge in [0.1, 0.15) is 0 Å². The van der Waals surface area contributed by atoms with Crippen LogP contribution in [0.15, 0.2) is 16.8 Å². The first kappa shape index (κ1) is 5.31. The van der Waals surface area contributed by atoms with Crippen molar-refractivity contribution in [3.8, 4) is 0 Å². The van der Waals surface area contributed by atoms with Crippen LogP contribution in [0.5, 0.6) is 0 Å². The monoisotopic (exact) mass is 126 g/mol. The Kier molecular flexibility index (Phi) is 1.64. The lowest BCUT2D eigenvalue weighted by Gasteiger charge is -1.83. The van der Waals surface area contributed by atoms with E-state index in [9.17, 15) is 4.79 Å². The Labute approximate surface area is 51.1 Å². The molecule has 8 heavy (non-hydrogen) atoms. The smallest absolute Gasteiger partial charge is 0.314 e. The largest absolute Gasteiger partial charge is 0.317 e. The lowest BCUT2D eigenvalue weighted by molar-refractivity contribution is 0.561. The van der Waals surface area contributed by atoms with E-state index in [1.54, 1.807) is 6.41 Å². The van der Waals surface area contributed by atoms with Crippen LogP contribution in [-0.2, 0) is 4.79 Å². The van der Waals surface area contributed by atoms with E-state index in [0.717, 1.165) is 5.69 Å². The molecule has 3 heteroatoms. The van der Waals surface area contributed by atoms with E-state index >= 15 is 0 Å². The summed E-state index contributed by atoms with van der Waals surface area (Å²) < 4.78 is 0. The highest BCUT2D eigenvalue weighted by atomic mass is 32.1. The van der Waals surface area contributed by atoms with Crippen molar-refractivity contribution in [2.45, 2.75) is 0 Å². The Morgan fingerprint density at radius 2 is 2.62 bits per heavy atom. The molecule has 1 N–H and O–H groups in total. The van der Waals surface area contributed by atoms with Gasteiger partial charge in [-0.2, -0.15) is 11.3 Å². The van der Waals surface area contributed by atoms with E-state index in [1.165, 1.54) is 11.3 Å². The first-order valence-corrected chi connectivity index (χ1v) is 3.03. The molecule has 41 valence electrons. The molecule has 0 aliphatic carbocycles. The van der Waals surface area contributed by atoms with Gasteiger partial charge >= 0.3 is 6.41 Å². The molecule has 0 atom stereocenters. The molecule has 0 saturated heterocycles. The molecule has 0 spiro atoms. The fourth-order valence-corrected chi connectivity index (χ4v) is 0.982. The molecule has 1 aromatic heterocycles. The average molecular weight is 126 g/mol. The molecule has 0 saturated carbocycles. The van der Waals surface area contributed by atoms with E-state index < -0.39 is 0 Å². The molecule has 0 aromatic carbocycles. The normalized spacial score (nSPS) is 8.50. The maximum absolute atomic E-state index is 9.64. The van der Waals surface area contributed by atoms with Crippen molar-refractivity contribution in [3.63, 3.8) is 0 Å². The second-order valence-corrected chi connectivity index (χ2v) is 2.02. The van der Waals surface area contributed by atoms with Crippen molar-refractivity contribution in [3.05, 3.63) is 16.8 Å². The summed E-state index contributed by atoms with van der Waals surface area (Å²) in [7, 11) is 0. The number of hydrogen-bond acceptors (Lipinski definition) is 2. The first-order chi connectivity index (χ1) is 3.93. The van der Waals surface area contributed by atoms with Gasteiger partial charge in [-0.05, 0) is 11.4 Å². The Morgan fingerprint density at radius 1 is 1.75 bits per heavy atom. The molecular formula is C5H4NOS. The Hall–Kier alpha value is -0.830. The molecule has 1 heterocycles. The van der Waals surface area contributed by atoms with Crippen molar-refractivity contribution < 1.29 is 4.79 Å². The summed E-state index contributed by atoms with van der Waals surface area (Å²) in [6, 6.07) is 1.82. The van der Waals surface area contributed by atoms with Gasteiger partial charge in [0.05, 0.1) is 5.69 Å². The van der Waals surface area contributed by atoms with Gasteiger partial charge in [-0.25, -0.2) is 0 Å². The lowest BCUT2D eigenvalue weighted by Crippen LogP contribution is -1.89. The Bertz CT molecular complexity index is 159. The number of rotatable bonds is 2. The van der Waals surface area contributed by atoms with Crippen molar-refractivity contribution in [2.24, 2.45) is 0 Å². The third kappa shape index (κ3) is 1.07. The quantitative estimate of drug-likeness (QED) is 0.593. The highest BCUT2D eigenvalue weighted by molar-refractivity contribution is 7.08. The zero-order chi connectivity index (χ0) is 5.82. The van der Waals surface area contributed by atoms with Crippen LogP contribution < -0.4 is 5.32 Å². The van der Waals surface area contributed by atoms with E-state index in [-0.39, 0.29) is 0 Å². The second kappa shape index (κ2) is 2.47. The van der Waals surface area contributed by atoms with Gasteiger partial charge < -0.3 is 5.32 Å². The van der Waals surface area contributed by atoms with Crippen LogP contribution in [0, 0.1) is 0 Å². The zero-order valence-corrected chi connectivity index (χ0v) is 4.87. The van der Waals surface area contributed by atoms with Gasteiger partial charge in [0, 0.05) is 5.38 Å². The number of anilines is 1. The summed E-state index contributed by atoms with van der Waals surface area (Å²) >= 11 is 1.54. The number of nitrogens with one attached hydrogen (secondary N) is 1. The van der Waals surface area contributed by atoms with Gasteiger partial charge in [0.25, 0.3) is 0 Å². The lowest BCUT2D eigenvalue weighted by atomic mass is 10.5. The van der Waals surface area contributed by atoms with E-state index in [1.807, 2.05) is 16.8 Å². The van der Waals surface area contributed by atoms with Crippen LogP contribution in [0.2, 0.25) is 0 Å². The van der Waals surface area contributed by atoms with Crippen molar-refractivity contribution >= 4 is 23.4 Å². The molecule has 0 aliphatic heterocycles. The van der Waals surface area contributed by atoms with Crippen LogP contribution in [-0.4, -0.2) is 6.41 Å². The maximum Gasteiger partial charge on any atom is 0.314 e. The van der Waals surface area contributed by atoms with Crippen LogP contribution in [0.4, 0.5) is 5.69 Å².